The maximum absolute atomic E-state index is 2.69. The van der Waals surface area contributed by atoms with Gasteiger partial charge in [0.25, 0.3) is 0 Å². The van der Waals surface area contributed by atoms with Crippen molar-refractivity contribution in [3.05, 3.63) is 0 Å². The molecule has 3 fully saturated rings. The Kier molecular flexibility index (Phi) is 1.70. The van der Waals surface area contributed by atoms with E-state index in [0.29, 0.717) is 0 Å². The van der Waals surface area contributed by atoms with Gasteiger partial charge in [-0.15, -0.1) is 0 Å². The van der Waals surface area contributed by atoms with Crippen LogP contribution in [0.25, 0.3) is 0 Å². The fourth-order valence-electron chi connectivity index (χ4n) is 2.35. The lowest BCUT2D eigenvalue weighted by Crippen LogP contribution is -2.36. The van der Waals surface area contributed by atoms with Crippen LogP contribution in [0.3, 0.4) is 0 Å². The molecule has 2 heteroatoms. The van der Waals surface area contributed by atoms with Gasteiger partial charge in [0.15, 0.2) is 0 Å². The molecule has 12 heavy (non-hydrogen) atoms. The van der Waals surface area contributed by atoms with Crippen molar-refractivity contribution in [3.63, 3.8) is 0 Å². The van der Waals surface area contributed by atoms with Gasteiger partial charge in [-0.05, 0) is 44.2 Å². The molecule has 1 saturated carbocycles. The van der Waals surface area contributed by atoms with Crippen LogP contribution in [-0.2, 0) is 0 Å². The van der Waals surface area contributed by atoms with Crippen LogP contribution in [0.2, 0.25) is 0 Å². The van der Waals surface area contributed by atoms with Crippen LogP contribution >= 0.6 is 11.8 Å². The number of rotatable bonds is 2. The van der Waals surface area contributed by atoms with Crippen LogP contribution in [-0.4, -0.2) is 35.5 Å². The van der Waals surface area contributed by atoms with Crippen molar-refractivity contribution in [1.29, 1.82) is 0 Å². The van der Waals surface area contributed by atoms with E-state index in [1.165, 1.54) is 38.2 Å². The summed E-state index contributed by atoms with van der Waals surface area (Å²) in [6.45, 7) is 4.19. The van der Waals surface area contributed by atoms with Gasteiger partial charge in [0, 0.05) is 17.5 Å². The van der Waals surface area contributed by atoms with Crippen molar-refractivity contribution in [2.75, 3.05) is 25.4 Å². The molecule has 0 aromatic carbocycles. The predicted molar refractivity (Wildman–Crippen MR) is 53.6 cm³/mol. The molecule has 0 radical (unpaired) electrons. The molecule has 1 nitrogen and oxygen atoms in total. The summed E-state index contributed by atoms with van der Waals surface area (Å²) >= 11 is 2.14. The van der Waals surface area contributed by atoms with Crippen molar-refractivity contribution < 1.29 is 0 Å². The molecular weight excluding hydrogens is 166 g/mol. The highest BCUT2D eigenvalue weighted by atomic mass is 32.2. The molecule has 0 amide bonds. The van der Waals surface area contributed by atoms with E-state index in [1.54, 1.807) is 12.8 Å². The SMILES string of the molecule is C1SC1CN1CCC2(CC1)CC2. The third kappa shape index (κ3) is 1.51. The third-order valence-corrected chi connectivity index (χ3v) is 4.69. The van der Waals surface area contributed by atoms with Gasteiger partial charge in [-0.25, -0.2) is 0 Å². The average molecular weight is 183 g/mol. The van der Waals surface area contributed by atoms with Crippen molar-refractivity contribution in [2.24, 2.45) is 5.41 Å². The maximum Gasteiger partial charge on any atom is 0.0266 e. The molecule has 0 N–H and O–H groups in total. The monoisotopic (exact) mass is 183 g/mol. The van der Waals surface area contributed by atoms with Gasteiger partial charge in [-0.2, -0.15) is 11.8 Å². The summed E-state index contributed by atoms with van der Waals surface area (Å²) < 4.78 is 0. The van der Waals surface area contributed by atoms with Crippen LogP contribution in [0.15, 0.2) is 0 Å². The summed E-state index contributed by atoms with van der Waals surface area (Å²) in [7, 11) is 0. The summed E-state index contributed by atoms with van der Waals surface area (Å²) in [6.07, 6.45) is 6.09. The summed E-state index contributed by atoms with van der Waals surface area (Å²) in [5.41, 5.74) is 0.868. The lowest BCUT2D eigenvalue weighted by Gasteiger charge is -2.31. The Hall–Kier alpha value is 0.310. The van der Waals surface area contributed by atoms with E-state index in [2.05, 4.69) is 16.7 Å². The van der Waals surface area contributed by atoms with Crippen molar-refractivity contribution >= 4 is 11.8 Å². The van der Waals surface area contributed by atoms with Gasteiger partial charge in [0.2, 0.25) is 0 Å². The van der Waals surface area contributed by atoms with E-state index in [-0.39, 0.29) is 0 Å². The van der Waals surface area contributed by atoms with Crippen LogP contribution in [0.4, 0.5) is 0 Å². The lowest BCUT2D eigenvalue weighted by molar-refractivity contribution is 0.177. The molecule has 0 aromatic heterocycles. The third-order valence-electron chi connectivity index (χ3n) is 3.74. The topological polar surface area (TPSA) is 3.24 Å². The van der Waals surface area contributed by atoms with Gasteiger partial charge in [0.1, 0.15) is 0 Å². The molecule has 1 spiro atoms. The molecule has 1 aliphatic carbocycles. The highest BCUT2D eigenvalue weighted by molar-refractivity contribution is 8.06. The zero-order valence-corrected chi connectivity index (χ0v) is 8.41. The Labute approximate surface area is 78.9 Å². The molecule has 1 unspecified atom stereocenters. The van der Waals surface area contributed by atoms with Crippen LogP contribution < -0.4 is 0 Å². The van der Waals surface area contributed by atoms with E-state index in [1.807, 2.05) is 0 Å². The summed E-state index contributed by atoms with van der Waals surface area (Å²) in [5.74, 6) is 1.43. The maximum atomic E-state index is 2.69. The highest BCUT2D eigenvalue weighted by Gasteiger charge is 2.44. The number of piperidine rings is 1. The Balaban J connectivity index is 1.49. The molecule has 2 heterocycles. The molecule has 68 valence electrons. The quantitative estimate of drug-likeness (QED) is 0.602. The Bertz CT molecular complexity index is 174. The van der Waals surface area contributed by atoms with Gasteiger partial charge >= 0.3 is 0 Å². The zero-order chi connectivity index (χ0) is 8.02. The standard InChI is InChI=1S/C10H17NS/c1-2-10(1)3-5-11(6-4-10)7-9-8-12-9/h9H,1-8H2. The second-order valence-electron chi connectivity index (χ2n) is 4.76. The van der Waals surface area contributed by atoms with Gasteiger partial charge < -0.3 is 4.90 Å². The van der Waals surface area contributed by atoms with Gasteiger partial charge in [-0.3, -0.25) is 0 Å². The lowest BCUT2D eigenvalue weighted by atomic mass is 9.94. The summed E-state index contributed by atoms with van der Waals surface area (Å²) in [4.78, 5) is 2.69. The van der Waals surface area contributed by atoms with Crippen molar-refractivity contribution in [1.82, 2.24) is 4.90 Å². The zero-order valence-electron chi connectivity index (χ0n) is 7.59. The molecular formula is C10H17NS. The number of thioether (sulfide) groups is 1. The van der Waals surface area contributed by atoms with Gasteiger partial charge in [-0.1, -0.05) is 0 Å². The fourth-order valence-corrected chi connectivity index (χ4v) is 2.91. The van der Waals surface area contributed by atoms with Crippen molar-refractivity contribution in [3.8, 4) is 0 Å². The van der Waals surface area contributed by atoms with Crippen LogP contribution in [0.1, 0.15) is 25.7 Å². The van der Waals surface area contributed by atoms with Gasteiger partial charge in [0.05, 0.1) is 0 Å². The van der Waals surface area contributed by atoms with E-state index in [4.69, 9.17) is 0 Å². The first-order chi connectivity index (χ1) is 5.86. The van der Waals surface area contributed by atoms with E-state index >= 15 is 0 Å². The summed E-state index contributed by atoms with van der Waals surface area (Å²) in [5, 5.41) is 1.01. The molecule has 0 aromatic rings. The first kappa shape index (κ1) is 7.69. The molecule has 2 saturated heterocycles. The van der Waals surface area contributed by atoms with E-state index < -0.39 is 0 Å². The average Bonchev–Trinajstić information content (AvgIpc) is 2.92. The Morgan fingerprint density at radius 3 is 2.33 bits per heavy atom. The predicted octanol–water partition coefficient (Wildman–Crippen LogP) is 1.98. The number of likely N-dealkylation sites (tertiary alicyclic amines) is 1. The molecule has 3 aliphatic rings. The van der Waals surface area contributed by atoms with Crippen LogP contribution in [0, 0.1) is 5.41 Å². The molecule has 3 rings (SSSR count). The fraction of sp³-hybridized carbons (Fsp3) is 1.00. The minimum Gasteiger partial charge on any atom is -0.302 e. The minimum absolute atomic E-state index is 0.868. The second kappa shape index (κ2) is 2.65. The minimum atomic E-state index is 0.868. The van der Waals surface area contributed by atoms with E-state index in [0.717, 1.165) is 10.7 Å². The second-order valence-corrected chi connectivity index (χ2v) is 6.09. The Morgan fingerprint density at radius 2 is 1.83 bits per heavy atom. The summed E-state index contributed by atoms with van der Waals surface area (Å²) in [6, 6.07) is 0. The number of hydrogen-bond acceptors (Lipinski definition) is 2. The van der Waals surface area contributed by atoms with Crippen molar-refractivity contribution in [2.45, 2.75) is 30.9 Å². The first-order valence-electron chi connectivity index (χ1n) is 5.20. The smallest absolute Gasteiger partial charge is 0.0266 e. The molecule has 0 bridgehead atoms. The van der Waals surface area contributed by atoms with E-state index in [9.17, 15) is 0 Å². The Morgan fingerprint density at radius 1 is 1.17 bits per heavy atom. The molecule has 1 atom stereocenters. The molecule has 2 aliphatic heterocycles. The highest BCUT2D eigenvalue weighted by Crippen LogP contribution is 2.53. The largest absolute Gasteiger partial charge is 0.302 e. The first-order valence-corrected chi connectivity index (χ1v) is 6.25. The number of hydrogen-bond donors (Lipinski definition) is 0. The number of nitrogens with zero attached hydrogens (tertiary/aromatic N) is 1. The normalized spacial score (nSPS) is 38.5. The van der Waals surface area contributed by atoms with Crippen LogP contribution in [0.5, 0.6) is 0 Å².